The molecule has 2 heterocycles. The van der Waals surface area contributed by atoms with E-state index in [4.69, 9.17) is 21.4 Å². The molecule has 21 heavy (non-hydrogen) atoms. The van der Waals surface area contributed by atoms with Crippen molar-refractivity contribution in [3.05, 3.63) is 34.9 Å². The number of piperidine rings is 1. The summed E-state index contributed by atoms with van der Waals surface area (Å²) >= 11 is 6.05. The molecule has 0 unspecified atom stereocenters. The molecule has 0 bridgehead atoms. The zero-order valence-electron chi connectivity index (χ0n) is 12.4. The van der Waals surface area contributed by atoms with Crippen LogP contribution in [0.4, 0.5) is 0 Å². The van der Waals surface area contributed by atoms with Gasteiger partial charge in [-0.25, -0.2) is 0 Å². The molecule has 0 aromatic heterocycles. The van der Waals surface area contributed by atoms with Gasteiger partial charge in [0.2, 0.25) is 0 Å². The van der Waals surface area contributed by atoms with Crippen LogP contribution in [0.1, 0.15) is 24.8 Å². The highest BCUT2D eigenvalue weighted by Crippen LogP contribution is 2.42. The summed E-state index contributed by atoms with van der Waals surface area (Å²) in [7, 11) is 0. The van der Waals surface area contributed by atoms with Gasteiger partial charge in [-0.1, -0.05) is 23.7 Å². The first-order valence-corrected chi connectivity index (χ1v) is 8.26. The number of hydrogen-bond donors (Lipinski definition) is 1. The molecule has 1 spiro atoms. The zero-order chi connectivity index (χ0) is 14.7. The van der Waals surface area contributed by atoms with E-state index in [1.54, 1.807) is 0 Å². The van der Waals surface area contributed by atoms with Crippen LogP contribution in [0.15, 0.2) is 24.3 Å². The Labute approximate surface area is 131 Å². The second-order valence-electron chi connectivity index (χ2n) is 6.54. The van der Waals surface area contributed by atoms with E-state index in [-0.39, 0.29) is 6.61 Å². The molecule has 0 aliphatic carbocycles. The summed E-state index contributed by atoms with van der Waals surface area (Å²) in [5, 5.41) is 9.83. The summed E-state index contributed by atoms with van der Waals surface area (Å²) in [5.74, 6) is 0. The van der Waals surface area contributed by atoms with Gasteiger partial charge in [-0.2, -0.15) is 0 Å². The molecule has 0 saturated carbocycles. The second kappa shape index (κ2) is 6.66. The van der Waals surface area contributed by atoms with Gasteiger partial charge in [0.25, 0.3) is 0 Å². The molecule has 2 aliphatic rings. The van der Waals surface area contributed by atoms with Crippen molar-refractivity contribution in [2.45, 2.75) is 31.8 Å². The summed E-state index contributed by atoms with van der Waals surface area (Å²) in [6.07, 6.45) is 4.83. The number of β-amino-alcohol motifs (C(OH)–C–C–N with tert-alkyl or cyclic N) is 1. The Morgan fingerprint density at radius 2 is 2.14 bits per heavy atom. The normalized spacial score (nSPS) is 25.5. The molecule has 116 valence electrons. The van der Waals surface area contributed by atoms with Crippen LogP contribution < -0.4 is 0 Å². The van der Waals surface area contributed by atoms with E-state index in [0.717, 1.165) is 44.1 Å². The SMILES string of the molecule is OCCN1CCC2(CC1)CO[C@@H](Cc1cccc(Cl)c1)C2. The largest absolute Gasteiger partial charge is 0.395 e. The van der Waals surface area contributed by atoms with Gasteiger partial charge in [-0.05, 0) is 61.9 Å². The predicted octanol–water partition coefficient (Wildman–Crippen LogP) is 2.75. The molecular formula is C17H24ClNO2. The lowest BCUT2D eigenvalue weighted by atomic mass is 9.76. The second-order valence-corrected chi connectivity index (χ2v) is 6.97. The van der Waals surface area contributed by atoms with Gasteiger partial charge in [0, 0.05) is 11.6 Å². The lowest BCUT2D eigenvalue weighted by Gasteiger charge is -2.38. The van der Waals surface area contributed by atoms with E-state index in [1.807, 2.05) is 18.2 Å². The fourth-order valence-electron chi connectivity index (χ4n) is 3.69. The van der Waals surface area contributed by atoms with E-state index < -0.39 is 0 Å². The average Bonchev–Trinajstić information content (AvgIpc) is 2.85. The first kappa shape index (κ1) is 15.3. The topological polar surface area (TPSA) is 32.7 Å². The average molecular weight is 310 g/mol. The van der Waals surface area contributed by atoms with Gasteiger partial charge in [-0.3, -0.25) is 0 Å². The number of aliphatic hydroxyl groups is 1. The highest BCUT2D eigenvalue weighted by Gasteiger charge is 2.42. The molecule has 2 fully saturated rings. The Balaban J connectivity index is 1.54. The number of benzene rings is 1. The minimum atomic E-state index is 0.265. The number of rotatable bonds is 4. The van der Waals surface area contributed by atoms with Crippen LogP contribution in [0, 0.1) is 5.41 Å². The van der Waals surface area contributed by atoms with Crippen molar-refractivity contribution >= 4 is 11.6 Å². The summed E-state index contributed by atoms with van der Waals surface area (Å²) in [5.41, 5.74) is 1.64. The van der Waals surface area contributed by atoms with E-state index in [9.17, 15) is 0 Å². The van der Waals surface area contributed by atoms with Crippen LogP contribution in [0.25, 0.3) is 0 Å². The Morgan fingerprint density at radius 3 is 2.86 bits per heavy atom. The van der Waals surface area contributed by atoms with Gasteiger partial charge in [0.15, 0.2) is 0 Å². The Hall–Kier alpha value is -0.610. The fraction of sp³-hybridized carbons (Fsp3) is 0.647. The van der Waals surface area contributed by atoms with Crippen molar-refractivity contribution in [3.8, 4) is 0 Å². The third-order valence-electron chi connectivity index (χ3n) is 4.97. The summed E-state index contributed by atoms with van der Waals surface area (Å²) in [6, 6.07) is 8.10. The maximum Gasteiger partial charge on any atom is 0.0621 e. The van der Waals surface area contributed by atoms with Crippen LogP contribution in [0.5, 0.6) is 0 Å². The third-order valence-corrected chi connectivity index (χ3v) is 5.21. The molecule has 2 saturated heterocycles. The van der Waals surface area contributed by atoms with Crippen molar-refractivity contribution in [1.82, 2.24) is 4.90 Å². The Kier molecular flexibility index (Phi) is 4.85. The highest BCUT2D eigenvalue weighted by atomic mass is 35.5. The number of halogens is 1. The Bertz CT molecular complexity index is 472. The van der Waals surface area contributed by atoms with Crippen LogP contribution in [0.3, 0.4) is 0 Å². The maximum absolute atomic E-state index is 9.03. The van der Waals surface area contributed by atoms with Crippen LogP contribution in [0.2, 0.25) is 5.02 Å². The lowest BCUT2D eigenvalue weighted by molar-refractivity contribution is 0.0600. The van der Waals surface area contributed by atoms with Gasteiger partial charge in [0.05, 0.1) is 19.3 Å². The molecule has 3 rings (SSSR count). The quantitative estimate of drug-likeness (QED) is 0.928. The molecule has 0 amide bonds. The number of likely N-dealkylation sites (tertiary alicyclic amines) is 1. The Morgan fingerprint density at radius 1 is 1.33 bits per heavy atom. The van der Waals surface area contributed by atoms with Crippen LogP contribution in [-0.2, 0) is 11.2 Å². The van der Waals surface area contributed by atoms with E-state index in [1.165, 1.54) is 18.4 Å². The van der Waals surface area contributed by atoms with Gasteiger partial charge < -0.3 is 14.7 Å². The molecule has 1 N–H and O–H groups in total. The molecule has 4 heteroatoms. The molecule has 3 nitrogen and oxygen atoms in total. The molecule has 1 aromatic rings. The standard InChI is InChI=1S/C17H24ClNO2/c18-15-3-1-2-14(10-15)11-16-12-17(13-21-16)4-6-19(7-5-17)8-9-20/h1-3,10,16,20H,4-9,11-13H2/t16-/m0/s1. The highest BCUT2D eigenvalue weighted by molar-refractivity contribution is 6.30. The fourth-order valence-corrected chi connectivity index (χ4v) is 3.91. The zero-order valence-corrected chi connectivity index (χ0v) is 13.2. The number of hydrogen-bond acceptors (Lipinski definition) is 3. The molecule has 1 aromatic carbocycles. The number of nitrogens with zero attached hydrogens (tertiary/aromatic N) is 1. The molecule has 2 aliphatic heterocycles. The van der Waals surface area contributed by atoms with E-state index in [0.29, 0.717) is 11.5 Å². The smallest absolute Gasteiger partial charge is 0.0621 e. The van der Waals surface area contributed by atoms with Gasteiger partial charge in [0.1, 0.15) is 0 Å². The molecule has 0 radical (unpaired) electrons. The first-order chi connectivity index (χ1) is 10.2. The summed E-state index contributed by atoms with van der Waals surface area (Å²) in [4.78, 5) is 2.36. The monoisotopic (exact) mass is 309 g/mol. The minimum absolute atomic E-state index is 0.265. The van der Waals surface area contributed by atoms with E-state index in [2.05, 4.69) is 11.0 Å². The first-order valence-electron chi connectivity index (χ1n) is 7.88. The third kappa shape index (κ3) is 3.78. The van der Waals surface area contributed by atoms with Crippen molar-refractivity contribution in [2.75, 3.05) is 32.8 Å². The van der Waals surface area contributed by atoms with Crippen molar-refractivity contribution in [2.24, 2.45) is 5.41 Å². The maximum atomic E-state index is 9.03. The van der Waals surface area contributed by atoms with Gasteiger partial charge >= 0.3 is 0 Å². The van der Waals surface area contributed by atoms with Crippen LogP contribution in [-0.4, -0.2) is 49.0 Å². The summed E-state index contributed by atoms with van der Waals surface area (Å²) < 4.78 is 6.07. The van der Waals surface area contributed by atoms with Crippen molar-refractivity contribution in [1.29, 1.82) is 0 Å². The number of ether oxygens (including phenoxy) is 1. The van der Waals surface area contributed by atoms with Crippen molar-refractivity contribution in [3.63, 3.8) is 0 Å². The molecule has 1 atom stereocenters. The van der Waals surface area contributed by atoms with Gasteiger partial charge in [-0.15, -0.1) is 0 Å². The lowest BCUT2D eigenvalue weighted by Crippen LogP contribution is -2.41. The van der Waals surface area contributed by atoms with E-state index >= 15 is 0 Å². The number of aliphatic hydroxyl groups excluding tert-OH is 1. The van der Waals surface area contributed by atoms with Crippen LogP contribution >= 0.6 is 11.6 Å². The van der Waals surface area contributed by atoms with Crippen molar-refractivity contribution < 1.29 is 9.84 Å². The predicted molar refractivity (Wildman–Crippen MR) is 84.7 cm³/mol. The minimum Gasteiger partial charge on any atom is -0.395 e. The molecular weight excluding hydrogens is 286 g/mol. The summed E-state index contributed by atoms with van der Waals surface area (Å²) in [6.45, 7) is 4.15.